The van der Waals surface area contributed by atoms with Gasteiger partial charge in [0.15, 0.2) is 0 Å². The van der Waals surface area contributed by atoms with Gasteiger partial charge in [-0.1, -0.05) is 52.3 Å². The van der Waals surface area contributed by atoms with Crippen LogP contribution in [0.15, 0.2) is 77.3 Å². The van der Waals surface area contributed by atoms with Gasteiger partial charge in [-0.05, 0) is 91.4 Å². The van der Waals surface area contributed by atoms with Crippen molar-refractivity contribution in [2.24, 2.45) is 5.92 Å². The molecule has 1 saturated heterocycles. The third-order valence-electron chi connectivity index (χ3n) is 6.18. The highest BCUT2D eigenvalue weighted by molar-refractivity contribution is 9.10. The number of ether oxygens (including phenoxy) is 1. The molecule has 32 heavy (non-hydrogen) atoms. The summed E-state index contributed by atoms with van der Waals surface area (Å²) in [5.74, 6) is 0.0845. The van der Waals surface area contributed by atoms with Crippen LogP contribution in [0, 0.1) is 17.6 Å². The molecule has 1 aliphatic heterocycles. The summed E-state index contributed by atoms with van der Waals surface area (Å²) in [5, 5.41) is 0. The molecule has 2 nitrogen and oxygen atoms in total. The molecule has 3 aromatic rings. The van der Waals surface area contributed by atoms with E-state index in [1.807, 2.05) is 0 Å². The smallest absolute Gasteiger partial charge is 0.123 e. The van der Waals surface area contributed by atoms with Gasteiger partial charge in [-0.3, -0.25) is 4.90 Å². The maximum absolute atomic E-state index is 13.4. The molecule has 0 aromatic heterocycles. The molecule has 168 valence electrons. The first-order chi connectivity index (χ1) is 15.6. The van der Waals surface area contributed by atoms with Crippen LogP contribution in [-0.2, 0) is 11.3 Å². The van der Waals surface area contributed by atoms with Crippen molar-refractivity contribution >= 4 is 15.9 Å². The summed E-state index contributed by atoms with van der Waals surface area (Å²) < 4.78 is 34.2. The van der Waals surface area contributed by atoms with Crippen molar-refractivity contribution in [1.82, 2.24) is 4.90 Å². The molecule has 1 aliphatic rings. The van der Waals surface area contributed by atoms with E-state index in [4.69, 9.17) is 4.74 Å². The van der Waals surface area contributed by atoms with Crippen LogP contribution < -0.4 is 0 Å². The minimum atomic E-state index is -0.325. The van der Waals surface area contributed by atoms with E-state index in [0.29, 0.717) is 12.5 Å². The molecule has 0 spiro atoms. The Morgan fingerprint density at radius 3 is 1.88 bits per heavy atom. The highest BCUT2D eigenvalue weighted by Crippen LogP contribution is 2.29. The molecule has 0 radical (unpaired) electrons. The fourth-order valence-electron chi connectivity index (χ4n) is 4.29. The van der Waals surface area contributed by atoms with Crippen LogP contribution in [0.25, 0.3) is 0 Å². The van der Waals surface area contributed by atoms with E-state index < -0.39 is 0 Å². The van der Waals surface area contributed by atoms with E-state index in [9.17, 15) is 8.78 Å². The van der Waals surface area contributed by atoms with Crippen molar-refractivity contribution < 1.29 is 13.5 Å². The van der Waals surface area contributed by atoms with Gasteiger partial charge >= 0.3 is 0 Å². The predicted molar refractivity (Wildman–Crippen MR) is 127 cm³/mol. The van der Waals surface area contributed by atoms with Crippen molar-refractivity contribution in [3.8, 4) is 0 Å². The molecule has 5 heteroatoms. The lowest BCUT2D eigenvalue weighted by Crippen LogP contribution is -2.33. The molecule has 0 unspecified atom stereocenters. The topological polar surface area (TPSA) is 12.5 Å². The molecule has 0 N–H and O–H groups in total. The van der Waals surface area contributed by atoms with Gasteiger partial charge < -0.3 is 4.74 Å². The highest BCUT2D eigenvalue weighted by atomic mass is 79.9. The fourth-order valence-corrected chi connectivity index (χ4v) is 4.56. The first-order valence-corrected chi connectivity index (χ1v) is 12.0. The Balaban J connectivity index is 1.29. The second kappa shape index (κ2) is 11.2. The number of halogens is 3. The minimum absolute atomic E-state index is 0.276. The molecule has 0 aliphatic carbocycles. The van der Waals surface area contributed by atoms with E-state index in [-0.39, 0.29) is 17.7 Å². The molecule has 4 rings (SSSR count). The zero-order chi connectivity index (χ0) is 22.3. The Bertz CT molecular complexity index is 923. The van der Waals surface area contributed by atoms with Crippen molar-refractivity contribution in [3.05, 3.63) is 106 Å². The van der Waals surface area contributed by atoms with E-state index in [1.165, 1.54) is 29.8 Å². The normalized spacial score (nSPS) is 15.4. The molecule has 3 aromatic carbocycles. The molecule has 0 bridgehead atoms. The Morgan fingerprint density at radius 1 is 0.812 bits per heavy atom. The third-order valence-corrected chi connectivity index (χ3v) is 6.71. The van der Waals surface area contributed by atoms with Crippen LogP contribution >= 0.6 is 15.9 Å². The van der Waals surface area contributed by atoms with E-state index in [1.54, 1.807) is 24.3 Å². The average Bonchev–Trinajstić information content (AvgIpc) is 2.81. The second-order valence-corrected chi connectivity index (χ2v) is 9.40. The van der Waals surface area contributed by atoms with Gasteiger partial charge in [0, 0.05) is 17.6 Å². The van der Waals surface area contributed by atoms with E-state index in [2.05, 4.69) is 45.1 Å². The largest absolute Gasteiger partial charge is 0.369 e. The molecular formula is C27H28BrF2NO. The number of likely N-dealkylation sites (tertiary alicyclic amines) is 1. The van der Waals surface area contributed by atoms with Gasteiger partial charge in [0.05, 0.1) is 0 Å². The molecule has 1 fully saturated rings. The zero-order valence-corrected chi connectivity index (χ0v) is 19.6. The first kappa shape index (κ1) is 23.1. The molecule has 1 heterocycles. The standard InChI is InChI=1S/C27H28BrF2NO/c28-24-7-1-21(2-8-24)19-31-16-13-20(14-17-31)15-18-32-27(22-3-9-25(29)10-4-22)23-5-11-26(30)12-6-23/h1-12,20,27H,13-19H2. The van der Waals surface area contributed by atoms with Gasteiger partial charge in [-0.25, -0.2) is 8.78 Å². The van der Waals surface area contributed by atoms with Crippen LogP contribution in [0.4, 0.5) is 8.78 Å². The zero-order valence-electron chi connectivity index (χ0n) is 18.0. The number of piperidine rings is 1. The monoisotopic (exact) mass is 499 g/mol. The molecule has 0 atom stereocenters. The second-order valence-electron chi connectivity index (χ2n) is 8.49. The predicted octanol–water partition coefficient (Wildman–Crippen LogP) is 7.14. The number of nitrogens with zero attached hydrogens (tertiary/aromatic N) is 1. The summed E-state index contributed by atoms with van der Waals surface area (Å²) in [6.07, 6.45) is 2.99. The van der Waals surface area contributed by atoms with Crippen LogP contribution in [0.1, 0.15) is 42.1 Å². The van der Waals surface area contributed by atoms with Crippen molar-refractivity contribution in [1.29, 1.82) is 0 Å². The lowest BCUT2D eigenvalue weighted by atomic mass is 9.93. The fraction of sp³-hybridized carbons (Fsp3) is 0.333. The molecular weight excluding hydrogens is 472 g/mol. The van der Waals surface area contributed by atoms with E-state index >= 15 is 0 Å². The summed E-state index contributed by atoms with van der Waals surface area (Å²) in [7, 11) is 0. The average molecular weight is 500 g/mol. The van der Waals surface area contributed by atoms with Crippen LogP contribution in [0.2, 0.25) is 0 Å². The van der Waals surface area contributed by atoms with E-state index in [0.717, 1.165) is 54.5 Å². The van der Waals surface area contributed by atoms with Crippen LogP contribution in [0.5, 0.6) is 0 Å². The first-order valence-electron chi connectivity index (χ1n) is 11.2. The van der Waals surface area contributed by atoms with Gasteiger partial charge in [-0.2, -0.15) is 0 Å². The third kappa shape index (κ3) is 6.47. The number of rotatable bonds is 8. The number of hydrogen-bond acceptors (Lipinski definition) is 2. The minimum Gasteiger partial charge on any atom is -0.369 e. The summed E-state index contributed by atoms with van der Waals surface area (Å²) in [5.41, 5.74) is 3.10. The molecule has 0 saturated carbocycles. The summed E-state index contributed by atoms with van der Waals surface area (Å²) >= 11 is 3.49. The summed E-state index contributed by atoms with van der Waals surface area (Å²) in [4.78, 5) is 2.51. The summed E-state index contributed by atoms with van der Waals surface area (Å²) in [6.45, 7) is 3.81. The quantitative estimate of drug-likeness (QED) is 0.326. The summed E-state index contributed by atoms with van der Waals surface area (Å²) in [6, 6.07) is 21.3. The van der Waals surface area contributed by atoms with Crippen molar-refractivity contribution in [2.45, 2.75) is 31.9 Å². The van der Waals surface area contributed by atoms with Gasteiger partial charge in [0.25, 0.3) is 0 Å². The Morgan fingerprint density at radius 2 is 1.34 bits per heavy atom. The van der Waals surface area contributed by atoms with Crippen LogP contribution in [0.3, 0.4) is 0 Å². The lowest BCUT2D eigenvalue weighted by Gasteiger charge is -2.32. The van der Waals surface area contributed by atoms with Crippen LogP contribution in [-0.4, -0.2) is 24.6 Å². The van der Waals surface area contributed by atoms with Crippen molar-refractivity contribution in [2.75, 3.05) is 19.7 Å². The van der Waals surface area contributed by atoms with Gasteiger partial charge in [0.2, 0.25) is 0 Å². The molecule has 0 amide bonds. The van der Waals surface area contributed by atoms with Crippen molar-refractivity contribution in [3.63, 3.8) is 0 Å². The SMILES string of the molecule is Fc1ccc(C(OCCC2CCN(Cc3ccc(Br)cc3)CC2)c2ccc(F)cc2)cc1. The Kier molecular flexibility index (Phi) is 8.06. The Labute approximate surface area is 197 Å². The maximum atomic E-state index is 13.4. The maximum Gasteiger partial charge on any atom is 0.123 e. The van der Waals surface area contributed by atoms with Gasteiger partial charge in [-0.15, -0.1) is 0 Å². The Hall–Kier alpha value is -2.08. The highest BCUT2D eigenvalue weighted by Gasteiger charge is 2.21. The number of benzene rings is 3. The lowest BCUT2D eigenvalue weighted by molar-refractivity contribution is 0.0595. The number of hydrogen-bond donors (Lipinski definition) is 0. The van der Waals surface area contributed by atoms with Gasteiger partial charge in [0.1, 0.15) is 17.7 Å².